The van der Waals surface area contributed by atoms with Crippen LogP contribution in [0.5, 0.6) is 0 Å². The zero-order chi connectivity index (χ0) is 7.47. The Morgan fingerprint density at radius 2 is 2.18 bits per heavy atom. The lowest BCUT2D eigenvalue weighted by atomic mass is 10.2. The van der Waals surface area contributed by atoms with Gasteiger partial charge in [0.2, 0.25) is 0 Å². The molecule has 1 saturated heterocycles. The SMILES string of the molecule is C=C1C2C=CC3(OCCO3)C12. The number of ether oxygens (including phenoxy) is 2. The molecule has 0 aromatic heterocycles. The third-order valence-electron chi connectivity index (χ3n) is 2.79. The average molecular weight is 150 g/mol. The molecule has 0 aromatic carbocycles. The first kappa shape index (κ1) is 5.98. The van der Waals surface area contributed by atoms with Crippen molar-refractivity contribution in [2.24, 2.45) is 11.8 Å². The molecule has 2 fully saturated rings. The fourth-order valence-corrected chi connectivity index (χ4v) is 2.14. The van der Waals surface area contributed by atoms with Gasteiger partial charge in [0.15, 0.2) is 5.79 Å². The van der Waals surface area contributed by atoms with Crippen molar-refractivity contribution in [1.82, 2.24) is 0 Å². The summed E-state index contributed by atoms with van der Waals surface area (Å²) in [4.78, 5) is 0. The maximum absolute atomic E-state index is 5.56. The third-order valence-corrected chi connectivity index (χ3v) is 2.79. The average Bonchev–Trinajstić information content (AvgIpc) is 2.52. The molecule has 2 heteroatoms. The molecule has 58 valence electrons. The highest BCUT2D eigenvalue weighted by atomic mass is 16.7. The van der Waals surface area contributed by atoms with Crippen LogP contribution in [0.4, 0.5) is 0 Å². The Balaban J connectivity index is 1.99. The number of rotatable bonds is 0. The summed E-state index contributed by atoms with van der Waals surface area (Å²) >= 11 is 0. The Morgan fingerprint density at radius 1 is 1.45 bits per heavy atom. The smallest absolute Gasteiger partial charge is 0.195 e. The monoisotopic (exact) mass is 150 g/mol. The maximum Gasteiger partial charge on any atom is 0.195 e. The molecule has 0 N–H and O–H groups in total. The topological polar surface area (TPSA) is 18.5 Å². The quantitative estimate of drug-likeness (QED) is 0.481. The van der Waals surface area contributed by atoms with E-state index in [0.717, 1.165) is 13.2 Å². The summed E-state index contributed by atoms with van der Waals surface area (Å²) in [6.45, 7) is 5.41. The molecule has 3 rings (SSSR count). The highest BCUT2D eigenvalue weighted by molar-refractivity contribution is 5.43. The first-order valence-corrected chi connectivity index (χ1v) is 3.99. The number of hydrogen-bond acceptors (Lipinski definition) is 2. The highest BCUT2D eigenvalue weighted by Gasteiger charge is 2.61. The zero-order valence-electron chi connectivity index (χ0n) is 6.25. The van der Waals surface area contributed by atoms with Crippen molar-refractivity contribution in [3.8, 4) is 0 Å². The van der Waals surface area contributed by atoms with E-state index in [-0.39, 0.29) is 5.79 Å². The van der Waals surface area contributed by atoms with E-state index in [9.17, 15) is 0 Å². The van der Waals surface area contributed by atoms with Gasteiger partial charge in [0, 0.05) is 11.8 Å². The molecule has 1 spiro atoms. The van der Waals surface area contributed by atoms with Crippen LogP contribution in [0, 0.1) is 11.8 Å². The second-order valence-electron chi connectivity index (χ2n) is 3.36. The molecule has 2 atom stereocenters. The van der Waals surface area contributed by atoms with E-state index in [0.29, 0.717) is 11.8 Å². The van der Waals surface area contributed by atoms with E-state index in [1.54, 1.807) is 0 Å². The summed E-state index contributed by atoms with van der Waals surface area (Å²) in [7, 11) is 0. The van der Waals surface area contributed by atoms with Crippen LogP contribution >= 0.6 is 0 Å². The van der Waals surface area contributed by atoms with Crippen LogP contribution in [0.2, 0.25) is 0 Å². The summed E-state index contributed by atoms with van der Waals surface area (Å²) in [5.74, 6) is 0.597. The van der Waals surface area contributed by atoms with Gasteiger partial charge in [-0.25, -0.2) is 0 Å². The molecule has 1 aliphatic heterocycles. The molecule has 1 saturated carbocycles. The molecular formula is C9H10O2. The Labute approximate surface area is 65.5 Å². The molecule has 3 aliphatic rings. The van der Waals surface area contributed by atoms with Gasteiger partial charge in [-0.15, -0.1) is 0 Å². The molecule has 11 heavy (non-hydrogen) atoms. The highest BCUT2D eigenvalue weighted by Crippen LogP contribution is 2.59. The minimum absolute atomic E-state index is 0.387. The lowest BCUT2D eigenvalue weighted by Crippen LogP contribution is -2.28. The first-order valence-electron chi connectivity index (χ1n) is 3.99. The fraction of sp³-hybridized carbons (Fsp3) is 0.556. The first-order chi connectivity index (χ1) is 5.33. The van der Waals surface area contributed by atoms with Gasteiger partial charge in [-0.3, -0.25) is 0 Å². The van der Waals surface area contributed by atoms with Crippen LogP contribution in [0.3, 0.4) is 0 Å². The predicted octanol–water partition coefficient (Wildman–Crippen LogP) is 1.10. The number of fused-ring (bicyclic) bond motifs is 2. The largest absolute Gasteiger partial charge is 0.343 e. The van der Waals surface area contributed by atoms with Crippen LogP contribution in [-0.2, 0) is 9.47 Å². The van der Waals surface area contributed by atoms with Crippen molar-refractivity contribution in [2.45, 2.75) is 5.79 Å². The van der Waals surface area contributed by atoms with Crippen molar-refractivity contribution >= 4 is 0 Å². The van der Waals surface area contributed by atoms with Crippen molar-refractivity contribution in [1.29, 1.82) is 0 Å². The summed E-state index contributed by atoms with van der Waals surface area (Å²) in [6, 6.07) is 0. The van der Waals surface area contributed by atoms with E-state index in [1.165, 1.54) is 5.57 Å². The van der Waals surface area contributed by atoms with Crippen molar-refractivity contribution in [2.75, 3.05) is 13.2 Å². The van der Waals surface area contributed by atoms with Gasteiger partial charge >= 0.3 is 0 Å². The molecule has 2 aliphatic carbocycles. The molecule has 0 aromatic rings. The molecule has 2 nitrogen and oxygen atoms in total. The van der Waals surface area contributed by atoms with E-state index in [1.807, 2.05) is 6.08 Å². The number of allylic oxidation sites excluding steroid dienone is 1. The van der Waals surface area contributed by atoms with Crippen LogP contribution in [-0.4, -0.2) is 19.0 Å². The molecule has 1 heterocycles. The van der Waals surface area contributed by atoms with Crippen molar-refractivity contribution < 1.29 is 9.47 Å². The van der Waals surface area contributed by atoms with Gasteiger partial charge in [-0.1, -0.05) is 18.2 Å². The lowest BCUT2D eigenvalue weighted by molar-refractivity contribution is -0.126. The number of hydrogen-bond donors (Lipinski definition) is 0. The zero-order valence-corrected chi connectivity index (χ0v) is 6.25. The summed E-state index contributed by atoms with van der Waals surface area (Å²) in [5, 5.41) is 0. The Hall–Kier alpha value is -0.600. The Bertz CT molecular complexity index is 248. The van der Waals surface area contributed by atoms with Gasteiger partial charge in [-0.2, -0.15) is 0 Å². The standard InChI is InChI=1S/C9H10O2/c1-6-7-2-3-9(8(6)7)10-4-5-11-9/h2-3,7-8H,1,4-5H2. The van der Waals surface area contributed by atoms with E-state index in [4.69, 9.17) is 9.47 Å². The van der Waals surface area contributed by atoms with Gasteiger partial charge in [0.25, 0.3) is 0 Å². The van der Waals surface area contributed by atoms with Crippen LogP contribution in [0.15, 0.2) is 24.3 Å². The molecular weight excluding hydrogens is 140 g/mol. The van der Waals surface area contributed by atoms with Gasteiger partial charge in [0.1, 0.15) is 0 Å². The summed E-state index contributed by atoms with van der Waals surface area (Å²) in [5.41, 5.74) is 1.27. The minimum atomic E-state index is -0.387. The van der Waals surface area contributed by atoms with E-state index >= 15 is 0 Å². The van der Waals surface area contributed by atoms with Crippen LogP contribution < -0.4 is 0 Å². The predicted molar refractivity (Wildman–Crippen MR) is 39.9 cm³/mol. The lowest BCUT2D eigenvalue weighted by Gasteiger charge is -2.20. The van der Waals surface area contributed by atoms with E-state index in [2.05, 4.69) is 12.7 Å². The normalized spacial score (nSPS) is 43.5. The van der Waals surface area contributed by atoms with Gasteiger partial charge in [0.05, 0.1) is 13.2 Å². The van der Waals surface area contributed by atoms with Crippen LogP contribution in [0.25, 0.3) is 0 Å². The molecule has 0 bridgehead atoms. The second-order valence-corrected chi connectivity index (χ2v) is 3.36. The van der Waals surface area contributed by atoms with Gasteiger partial charge < -0.3 is 9.47 Å². The fourth-order valence-electron chi connectivity index (χ4n) is 2.14. The molecule has 0 amide bonds. The second kappa shape index (κ2) is 1.59. The minimum Gasteiger partial charge on any atom is -0.343 e. The van der Waals surface area contributed by atoms with E-state index < -0.39 is 0 Å². The summed E-state index contributed by atoms with van der Waals surface area (Å²) in [6.07, 6.45) is 4.20. The van der Waals surface area contributed by atoms with Crippen LogP contribution in [0.1, 0.15) is 0 Å². The maximum atomic E-state index is 5.56. The Kier molecular flexibility index (Phi) is 0.866. The Morgan fingerprint density at radius 3 is 2.73 bits per heavy atom. The summed E-state index contributed by atoms with van der Waals surface area (Å²) < 4.78 is 11.1. The van der Waals surface area contributed by atoms with Gasteiger partial charge in [-0.05, 0) is 6.08 Å². The van der Waals surface area contributed by atoms with Crippen molar-refractivity contribution in [3.05, 3.63) is 24.3 Å². The molecule has 0 radical (unpaired) electrons. The third kappa shape index (κ3) is 0.557. The van der Waals surface area contributed by atoms with Crippen molar-refractivity contribution in [3.63, 3.8) is 0 Å². The molecule has 2 unspecified atom stereocenters.